The molecule has 1 aromatic rings. The first-order chi connectivity index (χ1) is 11.5. The van der Waals surface area contributed by atoms with Crippen molar-refractivity contribution >= 4 is 17.6 Å². The predicted molar refractivity (Wildman–Crippen MR) is 88.0 cm³/mol. The highest BCUT2D eigenvalue weighted by molar-refractivity contribution is 6.04. The Hall–Kier alpha value is -2.11. The zero-order valence-electron chi connectivity index (χ0n) is 14.0. The van der Waals surface area contributed by atoms with E-state index in [-0.39, 0.29) is 23.0 Å². The number of piperidine rings is 1. The summed E-state index contributed by atoms with van der Waals surface area (Å²) in [4.78, 5) is 41.6. The summed E-state index contributed by atoms with van der Waals surface area (Å²) < 4.78 is 0. The van der Waals surface area contributed by atoms with Gasteiger partial charge in [-0.25, -0.2) is 0 Å². The van der Waals surface area contributed by atoms with Gasteiger partial charge >= 0.3 is 0 Å². The molecule has 0 atom stereocenters. The van der Waals surface area contributed by atoms with Gasteiger partial charge in [-0.3, -0.25) is 14.4 Å². The standard InChI is InChI=1S/C18H23N3O3/c1-11-15-12(3-2-4-13(15)22)20-16(11)17(24)21-7-5-18(6-8-21)9-14(23)19-10-18/h20H,2-10H2,1H3,(H,19,23). The lowest BCUT2D eigenvalue weighted by Gasteiger charge is -2.38. The van der Waals surface area contributed by atoms with Gasteiger partial charge in [-0.05, 0) is 43.6 Å². The number of nitrogens with one attached hydrogen (secondary N) is 2. The first kappa shape index (κ1) is 15.4. The molecule has 2 aliphatic heterocycles. The molecule has 3 heterocycles. The summed E-state index contributed by atoms with van der Waals surface area (Å²) in [6, 6.07) is 0. The number of carbonyl (C=O) groups is 3. The number of carbonyl (C=O) groups excluding carboxylic acids is 3. The molecular weight excluding hydrogens is 306 g/mol. The van der Waals surface area contributed by atoms with Crippen LogP contribution in [0.15, 0.2) is 0 Å². The van der Waals surface area contributed by atoms with Crippen molar-refractivity contribution in [1.29, 1.82) is 0 Å². The maximum Gasteiger partial charge on any atom is 0.270 e. The second-order valence-electron chi connectivity index (χ2n) is 7.50. The third kappa shape index (κ3) is 2.36. The third-order valence-electron chi connectivity index (χ3n) is 5.96. The molecule has 6 nitrogen and oxygen atoms in total. The molecule has 0 saturated carbocycles. The Morgan fingerprint density at radius 2 is 1.92 bits per heavy atom. The van der Waals surface area contributed by atoms with Gasteiger partial charge in [0.1, 0.15) is 5.69 Å². The molecule has 24 heavy (non-hydrogen) atoms. The molecule has 4 rings (SSSR count). The number of rotatable bonds is 1. The first-order valence-corrected chi connectivity index (χ1v) is 8.80. The molecule has 2 fully saturated rings. The molecule has 0 bridgehead atoms. The minimum atomic E-state index is -0.0122. The highest BCUT2D eigenvalue weighted by Gasteiger charge is 2.42. The maximum absolute atomic E-state index is 12.9. The van der Waals surface area contributed by atoms with Gasteiger partial charge in [-0.1, -0.05) is 0 Å². The number of ketones is 1. The van der Waals surface area contributed by atoms with Gasteiger partial charge < -0.3 is 15.2 Å². The largest absolute Gasteiger partial charge is 0.356 e. The molecule has 1 aliphatic carbocycles. The van der Waals surface area contributed by atoms with Gasteiger partial charge in [-0.2, -0.15) is 0 Å². The average Bonchev–Trinajstić information content (AvgIpc) is 3.09. The Kier molecular flexibility index (Phi) is 3.51. The molecule has 0 aromatic carbocycles. The molecule has 128 valence electrons. The van der Waals surface area contributed by atoms with E-state index < -0.39 is 0 Å². The second-order valence-corrected chi connectivity index (χ2v) is 7.50. The lowest BCUT2D eigenvalue weighted by Crippen LogP contribution is -2.44. The number of H-pyrrole nitrogens is 1. The topological polar surface area (TPSA) is 82.3 Å². The lowest BCUT2D eigenvalue weighted by molar-refractivity contribution is -0.119. The molecule has 0 radical (unpaired) electrons. The number of amides is 2. The van der Waals surface area contributed by atoms with Crippen molar-refractivity contribution in [3.05, 3.63) is 22.5 Å². The molecule has 2 saturated heterocycles. The van der Waals surface area contributed by atoms with E-state index in [0.29, 0.717) is 31.6 Å². The SMILES string of the molecule is Cc1c(C(=O)N2CCC3(CC2)CNC(=O)C3)[nH]c2c1C(=O)CCC2. The van der Waals surface area contributed by atoms with Crippen molar-refractivity contribution in [3.8, 4) is 0 Å². The molecular formula is C18H23N3O3. The van der Waals surface area contributed by atoms with Crippen LogP contribution in [0.25, 0.3) is 0 Å². The number of hydrogen-bond donors (Lipinski definition) is 2. The van der Waals surface area contributed by atoms with Crippen LogP contribution in [-0.4, -0.2) is 47.1 Å². The van der Waals surface area contributed by atoms with E-state index in [9.17, 15) is 14.4 Å². The fourth-order valence-electron chi connectivity index (χ4n) is 4.44. The van der Waals surface area contributed by atoms with E-state index in [1.807, 2.05) is 11.8 Å². The van der Waals surface area contributed by atoms with Gasteiger partial charge in [-0.15, -0.1) is 0 Å². The van der Waals surface area contributed by atoms with E-state index >= 15 is 0 Å². The predicted octanol–water partition coefficient (Wildman–Crippen LogP) is 1.58. The zero-order valence-corrected chi connectivity index (χ0v) is 14.0. The molecule has 3 aliphatic rings. The Morgan fingerprint density at radius 1 is 1.17 bits per heavy atom. The summed E-state index contributed by atoms with van der Waals surface area (Å²) in [6.45, 7) is 3.95. The van der Waals surface area contributed by atoms with E-state index in [1.54, 1.807) is 0 Å². The number of nitrogens with zero attached hydrogens (tertiary/aromatic N) is 1. The van der Waals surface area contributed by atoms with Gasteiger partial charge in [0.2, 0.25) is 5.91 Å². The summed E-state index contributed by atoms with van der Waals surface area (Å²) >= 11 is 0. The van der Waals surface area contributed by atoms with Crippen LogP contribution in [-0.2, 0) is 11.2 Å². The van der Waals surface area contributed by atoms with Crippen molar-refractivity contribution < 1.29 is 14.4 Å². The number of aryl methyl sites for hydroxylation is 1. The van der Waals surface area contributed by atoms with Crippen molar-refractivity contribution in [2.75, 3.05) is 19.6 Å². The first-order valence-electron chi connectivity index (χ1n) is 8.80. The number of Topliss-reactive ketones (excluding diaryl/α,β-unsaturated/α-hetero) is 1. The van der Waals surface area contributed by atoms with Gasteiger partial charge in [0.25, 0.3) is 5.91 Å². The van der Waals surface area contributed by atoms with Crippen LogP contribution in [0.2, 0.25) is 0 Å². The van der Waals surface area contributed by atoms with Crippen LogP contribution in [0.3, 0.4) is 0 Å². The third-order valence-corrected chi connectivity index (χ3v) is 5.96. The second kappa shape index (κ2) is 5.46. The van der Waals surface area contributed by atoms with E-state index in [1.165, 1.54) is 0 Å². The van der Waals surface area contributed by atoms with Crippen LogP contribution >= 0.6 is 0 Å². The summed E-state index contributed by atoms with van der Waals surface area (Å²) in [7, 11) is 0. The van der Waals surface area contributed by atoms with Gasteiger partial charge in [0.15, 0.2) is 5.78 Å². The molecule has 2 N–H and O–H groups in total. The zero-order chi connectivity index (χ0) is 16.9. The van der Waals surface area contributed by atoms with E-state index in [2.05, 4.69) is 10.3 Å². The Morgan fingerprint density at radius 3 is 2.54 bits per heavy atom. The smallest absolute Gasteiger partial charge is 0.270 e. The average molecular weight is 329 g/mol. The molecule has 6 heteroatoms. The Balaban J connectivity index is 1.51. The summed E-state index contributed by atoms with van der Waals surface area (Å²) in [5.41, 5.74) is 3.08. The molecule has 0 unspecified atom stereocenters. The van der Waals surface area contributed by atoms with E-state index in [0.717, 1.165) is 49.0 Å². The summed E-state index contributed by atoms with van der Waals surface area (Å²) in [5.74, 6) is 0.264. The Labute approximate surface area is 141 Å². The maximum atomic E-state index is 12.9. The quantitative estimate of drug-likeness (QED) is 0.821. The monoisotopic (exact) mass is 329 g/mol. The minimum Gasteiger partial charge on any atom is -0.356 e. The fraction of sp³-hybridized carbons (Fsp3) is 0.611. The number of likely N-dealkylation sites (tertiary alicyclic amines) is 1. The molecule has 1 aromatic heterocycles. The minimum absolute atomic E-state index is 0.0122. The number of hydrogen-bond acceptors (Lipinski definition) is 3. The van der Waals surface area contributed by atoms with Crippen LogP contribution in [0.4, 0.5) is 0 Å². The van der Waals surface area contributed by atoms with Crippen LogP contribution in [0, 0.1) is 12.3 Å². The van der Waals surface area contributed by atoms with Crippen LogP contribution in [0.5, 0.6) is 0 Å². The van der Waals surface area contributed by atoms with Crippen molar-refractivity contribution in [1.82, 2.24) is 15.2 Å². The molecule has 1 spiro atoms. The fourth-order valence-corrected chi connectivity index (χ4v) is 4.44. The summed E-state index contributed by atoms with van der Waals surface area (Å²) in [6.07, 6.45) is 4.57. The van der Waals surface area contributed by atoms with Crippen LogP contribution in [0.1, 0.15) is 64.2 Å². The Bertz CT molecular complexity index is 726. The highest BCUT2D eigenvalue weighted by atomic mass is 16.2. The van der Waals surface area contributed by atoms with Gasteiger partial charge in [0.05, 0.1) is 0 Å². The van der Waals surface area contributed by atoms with Crippen molar-refractivity contribution in [2.24, 2.45) is 5.41 Å². The molecule has 2 amide bonds. The van der Waals surface area contributed by atoms with Gasteiger partial charge in [0, 0.05) is 43.7 Å². The normalized spacial score (nSPS) is 22.6. The van der Waals surface area contributed by atoms with Crippen molar-refractivity contribution in [3.63, 3.8) is 0 Å². The van der Waals surface area contributed by atoms with Crippen LogP contribution < -0.4 is 5.32 Å². The summed E-state index contributed by atoms with van der Waals surface area (Å²) in [5, 5.41) is 2.92. The highest BCUT2D eigenvalue weighted by Crippen LogP contribution is 2.38. The lowest BCUT2D eigenvalue weighted by atomic mass is 9.77. The number of aromatic amines is 1. The van der Waals surface area contributed by atoms with E-state index in [4.69, 9.17) is 0 Å². The van der Waals surface area contributed by atoms with Crippen molar-refractivity contribution in [2.45, 2.75) is 45.4 Å². The number of aromatic nitrogens is 1. The number of fused-ring (bicyclic) bond motifs is 1.